The molecule has 0 saturated carbocycles. The molecule has 0 atom stereocenters. The van der Waals surface area contributed by atoms with Gasteiger partial charge < -0.3 is 9.80 Å². The molecular weight excluding hydrogens is 364 g/mol. The molecule has 0 unspecified atom stereocenters. The van der Waals surface area contributed by atoms with Crippen LogP contribution in [0.3, 0.4) is 0 Å². The third-order valence-electron chi connectivity index (χ3n) is 4.65. The molecule has 2 aromatic heterocycles. The molecule has 3 aromatic rings. The molecule has 3 heterocycles. The first-order chi connectivity index (χ1) is 13.6. The fourth-order valence-corrected chi connectivity index (χ4v) is 3.14. The van der Waals surface area contributed by atoms with Crippen LogP contribution in [-0.4, -0.2) is 52.2 Å². The number of halogens is 2. The minimum atomic E-state index is -0.844. The number of amides is 1. The summed E-state index contributed by atoms with van der Waals surface area (Å²) in [6.45, 7) is 1.69. The molecule has 1 aliphatic rings. The predicted octanol–water partition coefficient (Wildman–Crippen LogP) is 2.78. The smallest absolute Gasteiger partial charge is 0.259 e. The van der Waals surface area contributed by atoms with Crippen LogP contribution in [0.2, 0.25) is 0 Å². The Morgan fingerprint density at radius 2 is 1.57 bits per heavy atom. The van der Waals surface area contributed by atoms with Gasteiger partial charge in [-0.3, -0.25) is 9.78 Å². The van der Waals surface area contributed by atoms with Crippen LogP contribution in [0, 0.1) is 11.6 Å². The van der Waals surface area contributed by atoms with Gasteiger partial charge >= 0.3 is 0 Å². The lowest BCUT2D eigenvalue weighted by Gasteiger charge is -2.35. The van der Waals surface area contributed by atoms with Gasteiger partial charge in [0.2, 0.25) is 0 Å². The van der Waals surface area contributed by atoms with E-state index in [0.29, 0.717) is 37.7 Å². The molecule has 0 radical (unpaired) electrons. The topological polar surface area (TPSA) is 62.2 Å². The van der Waals surface area contributed by atoms with Gasteiger partial charge in [0.15, 0.2) is 5.82 Å². The monoisotopic (exact) mass is 381 g/mol. The van der Waals surface area contributed by atoms with Crippen molar-refractivity contribution in [2.75, 3.05) is 31.1 Å². The van der Waals surface area contributed by atoms with E-state index in [4.69, 9.17) is 0 Å². The number of anilines is 1. The van der Waals surface area contributed by atoms with E-state index in [0.717, 1.165) is 17.8 Å². The summed E-state index contributed by atoms with van der Waals surface area (Å²) in [5.41, 5.74) is 0.910. The zero-order chi connectivity index (χ0) is 19.5. The molecule has 8 heteroatoms. The summed E-state index contributed by atoms with van der Waals surface area (Å²) < 4.78 is 27.7. The number of piperazine rings is 1. The molecule has 142 valence electrons. The van der Waals surface area contributed by atoms with Crippen molar-refractivity contribution in [3.8, 4) is 11.4 Å². The summed E-state index contributed by atoms with van der Waals surface area (Å²) in [6.07, 6.45) is 1.69. The predicted molar refractivity (Wildman–Crippen MR) is 99.7 cm³/mol. The molecule has 1 amide bonds. The number of aromatic nitrogens is 3. The Morgan fingerprint density at radius 3 is 2.18 bits per heavy atom. The third kappa shape index (κ3) is 3.53. The van der Waals surface area contributed by atoms with Crippen LogP contribution in [0.15, 0.2) is 54.7 Å². The van der Waals surface area contributed by atoms with E-state index in [1.807, 2.05) is 35.2 Å². The van der Waals surface area contributed by atoms with Crippen molar-refractivity contribution < 1.29 is 13.6 Å². The fourth-order valence-electron chi connectivity index (χ4n) is 3.14. The lowest BCUT2D eigenvalue weighted by molar-refractivity contribution is 0.0736. The number of hydrogen-bond acceptors (Lipinski definition) is 5. The highest BCUT2D eigenvalue weighted by Gasteiger charge is 2.27. The molecule has 6 nitrogen and oxygen atoms in total. The van der Waals surface area contributed by atoms with Crippen molar-refractivity contribution in [3.63, 3.8) is 0 Å². The normalized spacial score (nSPS) is 14.2. The molecule has 0 N–H and O–H groups in total. The number of hydrogen-bond donors (Lipinski definition) is 0. The Labute approximate surface area is 160 Å². The fraction of sp³-hybridized carbons (Fsp3) is 0.200. The van der Waals surface area contributed by atoms with Crippen LogP contribution in [0.4, 0.5) is 14.6 Å². The lowest BCUT2D eigenvalue weighted by Crippen LogP contribution is -2.49. The molecule has 0 aliphatic carbocycles. The minimum absolute atomic E-state index is 0.344. The van der Waals surface area contributed by atoms with Crippen molar-refractivity contribution in [1.82, 2.24) is 20.1 Å². The first-order valence-corrected chi connectivity index (χ1v) is 8.87. The quantitative estimate of drug-likeness (QED) is 0.698. The Morgan fingerprint density at radius 1 is 0.821 bits per heavy atom. The molecule has 1 saturated heterocycles. The summed E-state index contributed by atoms with van der Waals surface area (Å²) >= 11 is 0. The molecule has 1 aromatic carbocycles. The van der Waals surface area contributed by atoms with Crippen LogP contribution in [0.5, 0.6) is 0 Å². The zero-order valence-electron chi connectivity index (χ0n) is 14.9. The van der Waals surface area contributed by atoms with Gasteiger partial charge in [-0.2, -0.15) is 0 Å². The van der Waals surface area contributed by atoms with Crippen LogP contribution >= 0.6 is 0 Å². The average molecular weight is 381 g/mol. The van der Waals surface area contributed by atoms with Crippen molar-refractivity contribution in [2.24, 2.45) is 0 Å². The summed E-state index contributed by atoms with van der Waals surface area (Å²) in [5.74, 6) is -1.64. The number of benzene rings is 1. The number of rotatable bonds is 3. The highest BCUT2D eigenvalue weighted by Crippen LogP contribution is 2.20. The maximum atomic E-state index is 13.9. The van der Waals surface area contributed by atoms with Gasteiger partial charge in [-0.15, -0.1) is 10.2 Å². The average Bonchev–Trinajstić information content (AvgIpc) is 2.74. The molecule has 0 spiro atoms. The van der Waals surface area contributed by atoms with Crippen molar-refractivity contribution >= 4 is 11.7 Å². The molecule has 28 heavy (non-hydrogen) atoms. The van der Waals surface area contributed by atoms with E-state index in [1.54, 1.807) is 6.20 Å². The van der Waals surface area contributed by atoms with Crippen molar-refractivity contribution in [3.05, 3.63) is 71.9 Å². The van der Waals surface area contributed by atoms with Gasteiger partial charge in [0.1, 0.15) is 22.9 Å². The van der Waals surface area contributed by atoms with E-state index < -0.39 is 23.1 Å². The molecular formula is C20H17F2N5O. The standard InChI is InChI=1S/C20H17F2N5O/c21-14-4-3-5-15(22)19(14)20(28)27-12-10-26(11-13-27)18-8-7-17(24-25-18)16-6-1-2-9-23-16/h1-9H,10-13H2. The highest BCUT2D eigenvalue weighted by molar-refractivity contribution is 5.95. The number of pyridine rings is 1. The van der Waals surface area contributed by atoms with Gasteiger partial charge in [0.25, 0.3) is 5.91 Å². The number of carbonyl (C=O) groups excluding carboxylic acids is 1. The first-order valence-electron chi connectivity index (χ1n) is 8.87. The number of carbonyl (C=O) groups is 1. The lowest BCUT2D eigenvalue weighted by atomic mass is 10.1. The first kappa shape index (κ1) is 18.0. The minimum Gasteiger partial charge on any atom is -0.352 e. The summed E-state index contributed by atoms with van der Waals surface area (Å²) in [6, 6.07) is 12.7. The van der Waals surface area contributed by atoms with Gasteiger partial charge in [-0.1, -0.05) is 12.1 Å². The van der Waals surface area contributed by atoms with E-state index in [2.05, 4.69) is 15.2 Å². The van der Waals surface area contributed by atoms with Crippen LogP contribution in [-0.2, 0) is 0 Å². The SMILES string of the molecule is O=C(c1c(F)cccc1F)N1CCN(c2ccc(-c3ccccn3)nn2)CC1. The Kier molecular flexibility index (Phi) is 4.92. The van der Waals surface area contributed by atoms with Crippen molar-refractivity contribution in [1.29, 1.82) is 0 Å². The number of nitrogens with zero attached hydrogens (tertiary/aromatic N) is 5. The molecule has 1 aliphatic heterocycles. The van der Waals surface area contributed by atoms with E-state index in [1.165, 1.54) is 11.0 Å². The Bertz CT molecular complexity index is 953. The van der Waals surface area contributed by atoms with Crippen molar-refractivity contribution in [2.45, 2.75) is 0 Å². The maximum Gasteiger partial charge on any atom is 0.259 e. The zero-order valence-corrected chi connectivity index (χ0v) is 14.9. The summed E-state index contributed by atoms with van der Waals surface area (Å²) in [7, 11) is 0. The maximum absolute atomic E-state index is 13.9. The second-order valence-corrected chi connectivity index (χ2v) is 6.37. The summed E-state index contributed by atoms with van der Waals surface area (Å²) in [5, 5.41) is 8.46. The van der Waals surface area contributed by atoms with Gasteiger partial charge in [-0.25, -0.2) is 8.78 Å². The van der Waals surface area contributed by atoms with Gasteiger partial charge in [0.05, 0.1) is 5.69 Å². The van der Waals surface area contributed by atoms with Gasteiger partial charge in [0, 0.05) is 32.4 Å². The van der Waals surface area contributed by atoms with Crippen LogP contribution in [0.1, 0.15) is 10.4 Å². The van der Waals surface area contributed by atoms with E-state index in [-0.39, 0.29) is 0 Å². The van der Waals surface area contributed by atoms with Crippen LogP contribution in [0.25, 0.3) is 11.4 Å². The molecule has 1 fully saturated rings. The molecule has 0 bridgehead atoms. The van der Waals surface area contributed by atoms with E-state index >= 15 is 0 Å². The van der Waals surface area contributed by atoms with Crippen LogP contribution < -0.4 is 4.90 Å². The third-order valence-corrected chi connectivity index (χ3v) is 4.65. The summed E-state index contributed by atoms with van der Waals surface area (Å²) in [4.78, 5) is 20.2. The Hall–Kier alpha value is -3.42. The van der Waals surface area contributed by atoms with E-state index in [9.17, 15) is 13.6 Å². The molecule has 4 rings (SSSR count). The van der Waals surface area contributed by atoms with Gasteiger partial charge in [-0.05, 0) is 36.4 Å². The second kappa shape index (κ2) is 7.67. The highest BCUT2D eigenvalue weighted by atomic mass is 19.1. The Balaban J connectivity index is 1.42. The largest absolute Gasteiger partial charge is 0.352 e. The second-order valence-electron chi connectivity index (χ2n) is 6.37.